The molecule has 2 nitrogen and oxygen atoms in total. The highest BCUT2D eigenvalue weighted by Crippen LogP contribution is 2.48. The van der Waals surface area contributed by atoms with Crippen LogP contribution in [0.3, 0.4) is 0 Å². The number of hydrogen-bond acceptors (Lipinski definition) is 2. The van der Waals surface area contributed by atoms with Gasteiger partial charge in [0.05, 0.1) is 0 Å². The van der Waals surface area contributed by atoms with Crippen LogP contribution in [0.4, 0.5) is 0 Å². The van der Waals surface area contributed by atoms with Gasteiger partial charge in [0.15, 0.2) is 0 Å². The molecule has 0 aromatic carbocycles. The van der Waals surface area contributed by atoms with Gasteiger partial charge < -0.3 is 5.73 Å². The second-order valence-electron chi connectivity index (χ2n) is 6.54. The Morgan fingerprint density at radius 2 is 2.11 bits per heavy atom. The molecule has 3 rings (SSSR count). The van der Waals surface area contributed by atoms with Gasteiger partial charge in [0.1, 0.15) is 0 Å². The number of aryl methyl sites for hydroxylation is 1. The molecule has 98 valence electrons. The summed E-state index contributed by atoms with van der Waals surface area (Å²) in [5.74, 6) is 1.86. The minimum Gasteiger partial charge on any atom is -0.324 e. The van der Waals surface area contributed by atoms with Gasteiger partial charge in [-0.25, -0.2) is 0 Å². The summed E-state index contributed by atoms with van der Waals surface area (Å²) in [4.78, 5) is 4.64. The Morgan fingerprint density at radius 1 is 1.28 bits per heavy atom. The van der Waals surface area contributed by atoms with Crippen molar-refractivity contribution in [2.45, 2.75) is 57.4 Å². The first-order valence-electron chi connectivity index (χ1n) is 7.34. The van der Waals surface area contributed by atoms with Gasteiger partial charge in [0, 0.05) is 23.3 Å². The molecule has 1 saturated carbocycles. The van der Waals surface area contributed by atoms with Gasteiger partial charge in [0.2, 0.25) is 0 Å². The zero-order chi connectivity index (χ0) is 12.8. The predicted octanol–water partition coefficient (Wildman–Crippen LogP) is 3.27. The number of nitrogens with two attached hydrogens (primary N) is 1. The molecule has 0 aliphatic heterocycles. The second kappa shape index (κ2) is 4.34. The van der Waals surface area contributed by atoms with Crippen molar-refractivity contribution < 1.29 is 0 Å². The van der Waals surface area contributed by atoms with E-state index in [0.29, 0.717) is 11.8 Å². The number of rotatable bonds is 1. The molecule has 0 bridgehead atoms. The molecule has 0 spiro atoms. The van der Waals surface area contributed by atoms with E-state index in [2.05, 4.69) is 31.0 Å². The van der Waals surface area contributed by atoms with E-state index < -0.39 is 0 Å². The molecule has 0 amide bonds. The maximum Gasteiger partial charge on any atom is 0.0484 e. The van der Waals surface area contributed by atoms with E-state index >= 15 is 0 Å². The third-order valence-electron chi connectivity index (χ3n) is 5.32. The standard InChI is InChI=1S/C16H24N2/c1-11-5-6-12(2)16(17,10-11)14-8-7-13-4-3-9-18-15(13)14/h3-4,9,11-12,14H,5-8,10,17H2,1-2H3. The molecule has 2 N–H and O–H groups in total. The fourth-order valence-corrected chi connectivity index (χ4v) is 4.13. The van der Waals surface area contributed by atoms with Crippen molar-refractivity contribution in [2.24, 2.45) is 17.6 Å². The largest absolute Gasteiger partial charge is 0.324 e. The number of hydrogen-bond donors (Lipinski definition) is 1. The molecule has 2 heteroatoms. The summed E-state index contributed by atoms with van der Waals surface area (Å²) >= 11 is 0. The fourth-order valence-electron chi connectivity index (χ4n) is 4.13. The van der Waals surface area contributed by atoms with Crippen LogP contribution in [0.15, 0.2) is 18.3 Å². The lowest BCUT2D eigenvalue weighted by atomic mass is 9.63. The van der Waals surface area contributed by atoms with Gasteiger partial charge in [-0.2, -0.15) is 0 Å². The Balaban J connectivity index is 1.95. The summed E-state index contributed by atoms with van der Waals surface area (Å²) in [5.41, 5.74) is 9.56. The van der Waals surface area contributed by atoms with Gasteiger partial charge in [-0.1, -0.05) is 26.3 Å². The Morgan fingerprint density at radius 3 is 2.94 bits per heavy atom. The Labute approximate surface area is 110 Å². The summed E-state index contributed by atoms with van der Waals surface area (Å²) in [6.07, 6.45) is 8.05. The molecule has 1 fully saturated rings. The molecule has 2 aliphatic carbocycles. The van der Waals surface area contributed by atoms with E-state index in [1.165, 1.54) is 30.5 Å². The fraction of sp³-hybridized carbons (Fsp3) is 0.688. The van der Waals surface area contributed by atoms with Crippen LogP contribution in [0, 0.1) is 11.8 Å². The molecule has 1 heterocycles. The summed E-state index contributed by atoms with van der Waals surface area (Å²) in [5, 5.41) is 0. The lowest BCUT2D eigenvalue weighted by Crippen LogP contribution is -2.54. The summed E-state index contributed by atoms with van der Waals surface area (Å²) in [7, 11) is 0. The molecule has 18 heavy (non-hydrogen) atoms. The minimum absolute atomic E-state index is 0.0305. The lowest BCUT2D eigenvalue weighted by Gasteiger charge is -2.46. The first kappa shape index (κ1) is 12.2. The Hall–Kier alpha value is -0.890. The molecule has 4 unspecified atom stereocenters. The lowest BCUT2D eigenvalue weighted by molar-refractivity contribution is 0.129. The number of fused-ring (bicyclic) bond motifs is 1. The van der Waals surface area contributed by atoms with Crippen LogP contribution >= 0.6 is 0 Å². The minimum atomic E-state index is -0.0305. The SMILES string of the molecule is CC1CCC(C)C(N)(C2CCc3cccnc32)C1. The highest BCUT2D eigenvalue weighted by atomic mass is 14.8. The quantitative estimate of drug-likeness (QED) is 0.823. The van der Waals surface area contributed by atoms with Crippen molar-refractivity contribution in [3.8, 4) is 0 Å². The Kier molecular flexibility index (Phi) is 2.93. The van der Waals surface area contributed by atoms with Gasteiger partial charge in [-0.05, 0) is 49.1 Å². The molecule has 4 atom stereocenters. The third-order valence-corrected chi connectivity index (χ3v) is 5.32. The van der Waals surface area contributed by atoms with Crippen LogP contribution < -0.4 is 5.73 Å². The maximum absolute atomic E-state index is 6.87. The first-order valence-corrected chi connectivity index (χ1v) is 7.34. The molecule has 2 aliphatic rings. The van der Waals surface area contributed by atoms with Gasteiger partial charge in [0.25, 0.3) is 0 Å². The molecule has 0 radical (unpaired) electrons. The maximum atomic E-state index is 6.87. The molecule has 1 aromatic heterocycles. The van der Waals surface area contributed by atoms with E-state index in [-0.39, 0.29) is 5.54 Å². The smallest absolute Gasteiger partial charge is 0.0484 e. The van der Waals surface area contributed by atoms with Crippen LogP contribution in [0.1, 0.15) is 56.7 Å². The van der Waals surface area contributed by atoms with Gasteiger partial charge in [-0.3, -0.25) is 4.98 Å². The van der Waals surface area contributed by atoms with Crippen molar-refractivity contribution >= 4 is 0 Å². The predicted molar refractivity (Wildman–Crippen MR) is 74.4 cm³/mol. The van der Waals surface area contributed by atoms with Crippen molar-refractivity contribution in [3.63, 3.8) is 0 Å². The van der Waals surface area contributed by atoms with Crippen molar-refractivity contribution in [1.82, 2.24) is 4.98 Å². The van der Waals surface area contributed by atoms with E-state index in [4.69, 9.17) is 5.73 Å². The third kappa shape index (κ3) is 1.78. The molecular formula is C16H24N2. The van der Waals surface area contributed by atoms with Crippen LogP contribution in [0.2, 0.25) is 0 Å². The average Bonchev–Trinajstić information content (AvgIpc) is 2.78. The van der Waals surface area contributed by atoms with Crippen LogP contribution in [-0.2, 0) is 6.42 Å². The van der Waals surface area contributed by atoms with Crippen molar-refractivity contribution in [1.29, 1.82) is 0 Å². The van der Waals surface area contributed by atoms with Gasteiger partial charge >= 0.3 is 0 Å². The van der Waals surface area contributed by atoms with Crippen LogP contribution in [0.25, 0.3) is 0 Å². The molecular weight excluding hydrogens is 220 g/mol. The van der Waals surface area contributed by atoms with E-state index in [1.54, 1.807) is 0 Å². The van der Waals surface area contributed by atoms with Gasteiger partial charge in [-0.15, -0.1) is 0 Å². The zero-order valence-electron chi connectivity index (χ0n) is 11.5. The number of pyridine rings is 1. The topological polar surface area (TPSA) is 38.9 Å². The van der Waals surface area contributed by atoms with Crippen molar-refractivity contribution in [2.75, 3.05) is 0 Å². The van der Waals surface area contributed by atoms with Crippen molar-refractivity contribution in [3.05, 3.63) is 29.6 Å². The zero-order valence-corrected chi connectivity index (χ0v) is 11.5. The summed E-state index contributed by atoms with van der Waals surface area (Å²) < 4.78 is 0. The highest BCUT2D eigenvalue weighted by molar-refractivity contribution is 5.32. The van der Waals surface area contributed by atoms with Crippen LogP contribution in [-0.4, -0.2) is 10.5 Å². The first-order chi connectivity index (χ1) is 8.61. The van der Waals surface area contributed by atoms with E-state index in [0.717, 1.165) is 18.8 Å². The second-order valence-corrected chi connectivity index (χ2v) is 6.54. The summed E-state index contributed by atoms with van der Waals surface area (Å²) in [6, 6.07) is 4.28. The van der Waals surface area contributed by atoms with Crippen LogP contribution in [0.5, 0.6) is 0 Å². The monoisotopic (exact) mass is 244 g/mol. The number of aromatic nitrogens is 1. The van der Waals surface area contributed by atoms with E-state index in [1.807, 2.05) is 6.20 Å². The Bertz CT molecular complexity index is 442. The highest BCUT2D eigenvalue weighted by Gasteiger charge is 2.46. The molecule has 1 aromatic rings. The van der Waals surface area contributed by atoms with E-state index in [9.17, 15) is 0 Å². The summed E-state index contributed by atoms with van der Waals surface area (Å²) in [6.45, 7) is 4.69. The number of nitrogens with zero attached hydrogens (tertiary/aromatic N) is 1. The molecule has 0 saturated heterocycles. The average molecular weight is 244 g/mol. The normalized spacial score (nSPS) is 39.6.